The van der Waals surface area contributed by atoms with Gasteiger partial charge in [-0.15, -0.1) is 0 Å². The highest BCUT2D eigenvalue weighted by atomic mass is 16.5. The van der Waals surface area contributed by atoms with Gasteiger partial charge in [-0.25, -0.2) is 0 Å². The van der Waals surface area contributed by atoms with Gasteiger partial charge in [0.05, 0.1) is 13.5 Å². The normalized spacial score (nSPS) is 30.9. The molecule has 0 aromatic rings. The van der Waals surface area contributed by atoms with Crippen LogP contribution in [0.2, 0.25) is 0 Å². The van der Waals surface area contributed by atoms with Crippen molar-refractivity contribution in [2.45, 2.75) is 63.5 Å². The summed E-state index contributed by atoms with van der Waals surface area (Å²) >= 11 is 0. The summed E-state index contributed by atoms with van der Waals surface area (Å²) in [5.74, 6) is 0.0285. The van der Waals surface area contributed by atoms with Gasteiger partial charge in [-0.1, -0.05) is 6.42 Å². The highest BCUT2D eigenvalue weighted by molar-refractivity contribution is 5.80. The molecule has 2 aliphatic rings. The van der Waals surface area contributed by atoms with Crippen LogP contribution in [0.15, 0.2) is 0 Å². The number of nitrogens with zero attached hydrogens (tertiary/aromatic N) is 1. The van der Waals surface area contributed by atoms with E-state index in [-0.39, 0.29) is 29.9 Å². The summed E-state index contributed by atoms with van der Waals surface area (Å²) in [6, 6.07) is 0.170. The van der Waals surface area contributed by atoms with Crippen LogP contribution in [0.3, 0.4) is 0 Å². The number of ether oxygens (including phenoxy) is 1. The minimum atomic E-state index is -0.227. The fraction of sp³-hybridized carbons (Fsp3) is 0.867. The zero-order chi connectivity index (χ0) is 14.5. The van der Waals surface area contributed by atoms with E-state index in [1.54, 1.807) is 0 Å². The molecular weight excluding hydrogens is 256 g/mol. The quantitative estimate of drug-likeness (QED) is 0.795. The van der Waals surface area contributed by atoms with Gasteiger partial charge in [-0.3, -0.25) is 9.59 Å². The average molecular weight is 282 g/mol. The maximum atomic E-state index is 12.7. The zero-order valence-corrected chi connectivity index (χ0v) is 12.3. The second-order valence-corrected chi connectivity index (χ2v) is 6.09. The molecule has 0 spiro atoms. The molecule has 5 nitrogen and oxygen atoms in total. The minimum Gasteiger partial charge on any atom is -0.469 e. The lowest BCUT2D eigenvalue weighted by molar-refractivity contribution is -0.146. The molecule has 0 radical (unpaired) electrons. The number of amides is 1. The number of carbonyl (C=O) groups excluding carboxylic acids is 2. The molecule has 2 fully saturated rings. The van der Waals surface area contributed by atoms with E-state index in [4.69, 9.17) is 10.5 Å². The van der Waals surface area contributed by atoms with Gasteiger partial charge in [-0.2, -0.15) is 0 Å². The van der Waals surface area contributed by atoms with E-state index in [1.165, 1.54) is 7.11 Å². The number of hydrogen-bond acceptors (Lipinski definition) is 4. The van der Waals surface area contributed by atoms with Crippen LogP contribution < -0.4 is 5.73 Å². The fourth-order valence-electron chi connectivity index (χ4n) is 3.47. The molecule has 5 heteroatoms. The Morgan fingerprint density at radius 2 is 2.00 bits per heavy atom. The number of methoxy groups -OCH3 is 1. The number of nitrogens with two attached hydrogens (primary N) is 1. The average Bonchev–Trinajstić information content (AvgIpc) is 2.47. The molecule has 1 aliphatic heterocycles. The fourth-order valence-corrected chi connectivity index (χ4v) is 3.47. The number of likely N-dealkylation sites (tertiary alicyclic amines) is 1. The monoisotopic (exact) mass is 282 g/mol. The van der Waals surface area contributed by atoms with Crippen LogP contribution in [0.4, 0.5) is 0 Å². The first-order chi connectivity index (χ1) is 9.61. The Labute approximate surface area is 120 Å². The molecule has 3 atom stereocenters. The van der Waals surface area contributed by atoms with Crippen molar-refractivity contribution >= 4 is 11.9 Å². The van der Waals surface area contributed by atoms with Crippen molar-refractivity contribution in [2.75, 3.05) is 13.7 Å². The SMILES string of the molecule is COC(=O)CC1CCCCN1C(=O)C1CCCC(N)C1. The Morgan fingerprint density at radius 1 is 1.20 bits per heavy atom. The summed E-state index contributed by atoms with van der Waals surface area (Å²) in [6.07, 6.45) is 7.12. The lowest BCUT2D eigenvalue weighted by atomic mass is 9.84. The standard InChI is InChI=1S/C15H26N2O3/c1-20-14(18)10-13-7-2-3-8-17(13)15(19)11-5-4-6-12(16)9-11/h11-13H,2-10,16H2,1H3. The Balaban J connectivity index is 1.99. The van der Waals surface area contributed by atoms with E-state index in [0.717, 1.165) is 51.5 Å². The molecule has 2 rings (SSSR count). The predicted molar refractivity (Wildman–Crippen MR) is 75.9 cm³/mol. The molecule has 114 valence electrons. The van der Waals surface area contributed by atoms with Crippen LogP contribution in [-0.4, -0.2) is 42.5 Å². The first-order valence-electron chi connectivity index (χ1n) is 7.74. The predicted octanol–water partition coefficient (Wildman–Crippen LogP) is 1.45. The summed E-state index contributed by atoms with van der Waals surface area (Å²) in [5, 5.41) is 0. The molecule has 1 saturated carbocycles. The number of piperidine rings is 1. The number of hydrogen-bond donors (Lipinski definition) is 1. The molecule has 1 heterocycles. The summed E-state index contributed by atoms with van der Waals surface area (Å²) in [5.41, 5.74) is 5.98. The number of rotatable bonds is 3. The third-order valence-corrected chi connectivity index (χ3v) is 4.60. The lowest BCUT2D eigenvalue weighted by Crippen LogP contribution is -2.48. The molecule has 3 unspecified atom stereocenters. The molecule has 1 saturated heterocycles. The second-order valence-electron chi connectivity index (χ2n) is 6.09. The van der Waals surface area contributed by atoms with Crippen molar-refractivity contribution in [2.24, 2.45) is 11.7 Å². The number of carbonyl (C=O) groups is 2. The van der Waals surface area contributed by atoms with E-state index >= 15 is 0 Å². The molecule has 20 heavy (non-hydrogen) atoms. The Kier molecular flexibility index (Phi) is 5.40. The van der Waals surface area contributed by atoms with Crippen LogP contribution in [0.25, 0.3) is 0 Å². The highest BCUT2D eigenvalue weighted by Crippen LogP contribution is 2.29. The Hall–Kier alpha value is -1.10. The molecule has 0 aromatic heterocycles. The van der Waals surface area contributed by atoms with E-state index in [9.17, 15) is 9.59 Å². The first kappa shape index (κ1) is 15.3. The minimum absolute atomic E-state index is 0.0156. The van der Waals surface area contributed by atoms with E-state index in [1.807, 2.05) is 4.90 Å². The third-order valence-electron chi connectivity index (χ3n) is 4.60. The molecule has 1 aliphatic carbocycles. The Bertz CT molecular complexity index is 359. The van der Waals surface area contributed by atoms with Crippen molar-refractivity contribution in [3.63, 3.8) is 0 Å². The van der Waals surface area contributed by atoms with Crippen molar-refractivity contribution in [1.29, 1.82) is 0 Å². The van der Waals surface area contributed by atoms with E-state index in [2.05, 4.69) is 0 Å². The van der Waals surface area contributed by atoms with E-state index in [0.29, 0.717) is 6.42 Å². The second kappa shape index (κ2) is 7.07. The van der Waals surface area contributed by atoms with Gasteiger partial charge in [0.15, 0.2) is 0 Å². The summed E-state index contributed by atoms with van der Waals surface area (Å²) in [7, 11) is 1.40. The van der Waals surface area contributed by atoms with Crippen molar-refractivity contribution in [3.05, 3.63) is 0 Å². The number of esters is 1. The smallest absolute Gasteiger partial charge is 0.307 e. The zero-order valence-electron chi connectivity index (χ0n) is 12.3. The maximum absolute atomic E-state index is 12.7. The van der Waals surface area contributed by atoms with Crippen molar-refractivity contribution in [1.82, 2.24) is 4.90 Å². The molecule has 0 bridgehead atoms. The summed E-state index contributed by atoms with van der Waals surface area (Å²) in [4.78, 5) is 26.1. The van der Waals surface area contributed by atoms with Crippen LogP contribution in [-0.2, 0) is 14.3 Å². The summed E-state index contributed by atoms with van der Waals surface area (Å²) < 4.78 is 4.75. The third kappa shape index (κ3) is 3.72. The van der Waals surface area contributed by atoms with Crippen molar-refractivity contribution < 1.29 is 14.3 Å². The molecule has 2 N–H and O–H groups in total. The van der Waals surface area contributed by atoms with Gasteiger partial charge in [0.2, 0.25) is 5.91 Å². The highest BCUT2D eigenvalue weighted by Gasteiger charge is 2.34. The van der Waals surface area contributed by atoms with Gasteiger partial charge in [0, 0.05) is 24.5 Å². The first-order valence-corrected chi connectivity index (χ1v) is 7.74. The van der Waals surface area contributed by atoms with Crippen LogP contribution in [0.5, 0.6) is 0 Å². The van der Waals surface area contributed by atoms with Crippen LogP contribution >= 0.6 is 0 Å². The van der Waals surface area contributed by atoms with Crippen molar-refractivity contribution in [3.8, 4) is 0 Å². The van der Waals surface area contributed by atoms with E-state index < -0.39 is 0 Å². The van der Waals surface area contributed by atoms with Gasteiger partial charge in [-0.05, 0) is 38.5 Å². The molecular formula is C15H26N2O3. The van der Waals surface area contributed by atoms with Gasteiger partial charge in [0.25, 0.3) is 0 Å². The molecule has 1 amide bonds. The van der Waals surface area contributed by atoms with Crippen LogP contribution in [0, 0.1) is 5.92 Å². The maximum Gasteiger partial charge on any atom is 0.307 e. The van der Waals surface area contributed by atoms with Gasteiger partial charge >= 0.3 is 5.97 Å². The molecule has 0 aromatic carbocycles. The van der Waals surface area contributed by atoms with Gasteiger partial charge < -0.3 is 15.4 Å². The largest absolute Gasteiger partial charge is 0.469 e. The topological polar surface area (TPSA) is 72.6 Å². The summed E-state index contributed by atoms with van der Waals surface area (Å²) in [6.45, 7) is 0.770. The van der Waals surface area contributed by atoms with Gasteiger partial charge in [0.1, 0.15) is 0 Å². The van der Waals surface area contributed by atoms with Crippen LogP contribution in [0.1, 0.15) is 51.4 Å². The lowest BCUT2D eigenvalue weighted by Gasteiger charge is -2.39. The Morgan fingerprint density at radius 3 is 2.70 bits per heavy atom.